The number of carbonyl (C=O) groups excluding carboxylic acids is 1. The predicted octanol–water partition coefficient (Wildman–Crippen LogP) is 5.46. The Labute approximate surface area is 168 Å². The molecule has 0 aliphatic carbocycles. The van der Waals surface area contributed by atoms with Crippen LogP contribution in [0.5, 0.6) is 0 Å². The largest absolute Gasteiger partial charge is 0.361 e. The summed E-state index contributed by atoms with van der Waals surface area (Å²) in [5, 5.41) is 2.30. The third-order valence-corrected chi connectivity index (χ3v) is 6.84. The number of para-hydroxylation sites is 2. The number of H-pyrrole nitrogens is 1. The molecule has 1 aliphatic rings. The zero-order valence-corrected chi connectivity index (χ0v) is 16.5. The van der Waals surface area contributed by atoms with Crippen molar-refractivity contribution in [1.29, 1.82) is 0 Å². The van der Waals surface area contributed by atoms with E-state index in [0.717, 1.165) is 48.3 Å². The van der Waals surface area contributed by atoms with Crippen molar-refractivity contribution in [3.8, 4) is 0 Å². The predicted molar refractivity (Wildman–Crippen MR) is 115 cm³/mol. The number of hydrogen-bond acceptors (Lipinski definition) is 3. The van der Waals surface area contributed by atoms with Crippen LogP contribution in [0.2, 0.25) is 0 Å². The Hall–Kier alpha value is -2.66. The summed E-state index contributed by atoms with van der Waals surface area (Å²) in [4.78, 5) is 23.3. The third kappa shape index (κ3) is 3.20. The van der Waals surface area contributed by atoms with E-state index in [4.69, 9.17) is 4.98 Å². The second-order valence-corrected chi connectivity index (χ2v) is 8.54. The van der Waals surface area contributed by atoms with Crippen molar-refractivity contribution in [2.24, 2.45) is 0 Å². The first-order chi connectivity index (χ1) is 13.8. The molecule has 1 fully saturated rings. The Kier molecular flexibility index (Phi) is 4.61. The molecule has 0 spiro atoms. The number of aromatic amines is 1. The van der Waals surface area contributed by atoms with Crippen molar-refractivity contribution in [2.45, 2.75) is 38.1 Å². The minimum atomic E-state index is 0.126. The van der Waals surface area contributed by atoms with Crippen LogP contribution in [-0.4, -0.2) is 27.3 Å². The normalized spacial score (nSPS) is 17.4. The minimum absolute atomic E-state index is 0.126. The highest BCUT2D eigenvalue weighted by Crippen LogP contribution is 2.36. The van der Waals surface area contributed by atoms with Crippen LogP contribution < -0.4 is 0 Å². The topological polar surface area (TPSA) is 49.0 Å². The van der Waals surface area contributed by atoms with Crippen LogP contribution in [0.15, 0.2) is 54.7 Å². The Morgan fingerprint density at radius 3 is 2.93 bits per heavy atom. The first-order valence-corrected chi connectivity index (χ1v) is 10.8. The number of aryl methyl sites for hydroxylation is 1. The lowest BCUT2D eigenvalue weighted by atomic mass is 10.0. The average molecular weight is 390 g/mol. The van der Waals surface area contributed by atoms with E-state index in [0.29, 0.717) is 6.42 Å². The monoisotopic (exact) mass is 389 g/mol. The van der Waals surface area contributed by atoms with E-state index in [1.807, 2.05) is 18.3 Å². The van der Waals surface area contributed by atoms with Crippen LogP contribution in [0.1, 0.15) is 42.3 Å². The highest BCUT2D eigenvalue weighted by molar-refractivity contribution is 7.18. The van der Waals surface area contributed by atoms with E-state index in [1.54, 1.807) is 11.3 Å². The van der Waals surface area contributed by atoms with Gasteiger partial charge in [-0.1, -0.05) is 30.3 Å². The molecule has 1 N–H and O–H groups in total. The molecule has 1 amide bonds. The van der Waals surface area contributed by atoms with Gasteiger partial charge < -0.3 is 9.88 Å². The summed E-state index contributed by atoms with van der Waals surface area (Å²) >= 11 is 1.73. The van der Waals surface area contributed by atoms with Gasteiger partial charge in [0, 0.05) is 30.1 Å². The maximum absolute atomic E-state index is 13.1. The molecule has 3 heterocycles. The summed E-state index contributed by atoms with van der Waals surface area (Å²) in [7, 11) is 0. The van der Waals surface area contributed by atoms with Crippen LogP contribution in [0, 0.1) is 0 Å². The molecule has 2 aromatic carbocycles. The fourth-order valence-electron chi connectivity index (χ4n) is 4.24. The SMILES string of the molecule is O=C(CCc1c[nH]c2ccccc12)N1CCCC[C@@H]1c1nc2ccccc2s1. The number of rotatable bonds is 4. The van der Waals surface area contributed by atoms with E-state index in [9.17, 15) is 4.79 Å². The summed E-state index contributed by atoms with van der Waals surface area (Å²) in [6.45, 7) is 0.841. The molecule has 0 unspecified atom stereocenters. The molecule has 5 heteroatoms. The molecule has 28 heavy (non-hydrogen) atoms. The highest BCUT2D eigenvalue weighted by Gasteiger charge is 2.30. The smallest absolute Gasteiger partial charge is 0.223 e. The maximum Gasteiger partial charge on any atom is 0.223 e. The standard InChI is InChI=1S/C23H23N3OS/c27-22(13-12-16-15-24-18-8-2-1-7-17(16)18)26-14-6-5-10-20(26)23-25-19-9-3-4-11-21(19)28-23/h1-4,7-9,11,15,20,24H,5-6,10,12-14H2/t20-/m1/s1. The van der Waals surface area contributed by atoms with Crippen LogP contribution >= 0.6 is 11.3 Å². The van der Waals surface area contributed by atoms with Crippen LogP contribution in [0.4, 0.5) is 0 Å². The van der Waals surface area contributed by atoms with Crippen molar-refractivity contribution in [3.63, 3.8) is 0 Å². The third-order valence-electron chi connectivity index (χ3n) is 5.70. The number of benzene rings is 2. The Morgan fingerprint density at radius 2 is 2.00 bits per heavy atom. The number of piperidine rings is 1. The molecule has 4 nitrogen and oxygen atoms in total. The van der Waals surface area contributed by atoms with Gasteiger partial charge in [0.05, 0.1) is 16.3 Å². The van der Waals surface area contributed by atoms with E-state index in [-0.39, 0.29) is 11.9 Å². The number of likely N-dealkylation sites (tertiary alicyclic amines) is 1. The van der Waals surface area contributed by atoms with Gasteiger partial charge in [0.2, 0.25) is 5.91 Å². The van der Waals surface area contributed by atoms with Crippen molar-refractivity contribution >= 4 is 38.4 Å². The quantitative estimate of drug-likeness (QED) is 0.503. The van der Waals surface area contributed by atoms with Gasteiger partial charge in [-0.2, -0.15) is 0 Å². The zero-order valence-electron chi connectivity index (χ0n) is 15.7. The minimum Gasteiger partial charge on any atom is -0.361 e. The first kappa shape index (κ1) is 17.4. The van der Waals surface area contributed by atoms with E-state index >= 15 is 0 Å². The second kappa shape index (κ2) is 7.40. The van der Waals surface area contributed by atoms with Gasteiger partial charge in [0.1, 0.15) is 5.01 Å². The fraction of sp³-hybridized carbons (Fsp3) is 0.304. The van der Waals surface area contributed by atoms with Crippen molar-refractivity contribution in [3.05, 3.63) is 65.3 Å². The summed E-state index contributed by atoms with van der Waals surface area (Å²) in [6.07, 6.45) is 6.61. The van der Waals surface area contributed by atoms with Crippen LogP contribution in [0.25, 0.3) is 21.1 Å². The highest BCUT2D eigenvalue weighted by atomic mass is 32.1. The Bertz CT molecular complexity index is 1100. The lowest BCUT2D eigenvalue weighted by Gasteiger charge is -2.34. The lowest BCUT2D eigenvalue weighted by molar-refractivity contribution is -0.135. The second-order valence-electron chi connectivity index (χ2n) is 7.48. The summed E-state index contributed by atoms with van der Waals surface area (Å²) < 4.78 is 1.20. The molecule has 2 aromatic heterocycles. The molecule has 0 saturated carbocycles. The molecule has 0 bridgehead atoms. The number of nitrogens with zero attached hydrogens (tertiary/aromatic N) is 2. The Balaban J connectivity index is 1.34. The molecule has 4 aromatic rings. The number of aromatic nitrogens is 2. The molecule has 1 saturated heterocycles. The summed E-state index contributed by atoms with van der Waals surface area (Å²) in [5.74, 6) is 0.245. The average Bonchev–Trinajstić information content (AvgIpc) is 3.36. The zero-order chi connectivity index (χ0) is 18.9. The molecule has 142 valence electrons. The molecule has 0 radical (unpaired) electrons. The van der Waals surface area contributed by atoms with Crippen LogP contribution in [-0.2, 0) is 11.2 Å². The molecular weight excluding hydrogens is 366 g/mol. The van der Waals surface area contributed by atoms with Gasteiger partial charge in [-0.15, -0.1) is 11.3 Å². The summed E-state index contributed by atoms with van der Waals surface area (Å²) in [6, 6.07) is 16.7. The summed E-state index contributed by atoms with van der Waals surface area (Å²) in [5.41, 5.74) is 3.40. The number of fused-ring (bicyclic) bond motifs is 2. The van der Waals surface area contributed by atoms with E-state index in [2.05, 4.69) is 46.3 Å². The van der Waals surface area contributed by atoms with Gasteiger partial charge in [-0.25, -0.2) is 4.98 Å². The number of carbonyl (C=O) groups is 1. The van der Waals surface area contributed by atoms with Gasteiger partial charge in [-0.3, -0.25) is 4.79 Å². The van der Waals surface area contributed by atoms with Gasteiger partial charge in [0.25, 0.3) is 0 Å². The van der Waals surface area contributed by atoms with Gasteiger partial charge in [0.15, 0.2) is 0 Å². The number of amides is 1. The Morgan fingerprint density at radius 1 is 1.14 bits per heavy atom. The van der Waals surface area contributed by atoms with Gasteiger partial charge >= 0.3 is 0 Å². The number of nitrogens with one attached hydrogen (secondary N) is 1. The maximum atomic E-state index is 13.1. The van der Waals surface area contributed by atoms with Crippen molar-refractivity contribution in [1.82, 2.24) is 14.9 Å². The van der Waals surface area contributed by atoms with Crippen molar-refractivity contribution in [2.75, 3.05) is 6.54 Å². The molecular formula is C23H23N3OS. The number of hydrogen-bond donors (Lipinski definition) is 1. The van der Waals surface area contributed by atoms with Crippen LogP contribution in [0.3, 0.4) is 0 Å². The molecule has 5 rings (SSSR count). The molecule has 1 aliphatic heterocycles. The molecule has 1 atom stereocenters. The van der Waals surface area contributed by atoms with E-state index in [1.165, 1.54) is 15.6 Å². The first-order valence-electron chi connectivity index (χ1n) is 9.99. The lowest BCUT2D eigenvalue weighted by Crippen LogP contribution is -2.38. The van der Waals surface area contributed by atoms with E-state index < -0.39 is 0 Å². The van der Waals surface area contributed by atoms with Crippen molar-refractivity contribution < 1.29 is 4.79 Å². The fourth-order valence-corrected chi connectivity index (χ4v) is 5.36. The number of thiazole rings is 1. The van der Waals surface area contributed by atoms with Gasteiger partial charge in [-0.05, 0) is 49.4 Å².